The van der Waals surface area contributed by atoms with Crippen LogP contribution in [0, 0.1) is 13.8 Å². The second-order valence-corrected chi connectivity index (χ2v) is 5.90. The minimum Gasteiger partial charge on any atom is -0.338 e. The molecule has 2 N–H and O–H groups in total. The van der Waals surface area contributed by atoms with Gasteiger partial charge in [-0.05, 0) is 43.5 Å². The Bertz CT molecular complexity index is 640. The number of benzene rings is 2. The predicted octanol–water partition coefficient (Wildman–Crippen LogP) is 4.43. The molecule has 0 radical (unpaired) electrons. The van der Waals surface area contributed by atoms with Crippen LogP contribution >= 0.6 is 15.9 Å². The molecular formula is C17H19BrN2O. The van der Waals surface area contributed by atoms with E-state index in [2.05, 4.69) is 32.6 Å². The monoisotopic (exact) mass is 346 g/mol. The molecule has 0 aliphatic heterocycles. The molecule has 0 heterocycles. The van der Waals surface area contributed by atoms with Crippen molar-refractivity contribution in [1.82, 2.24) is 5.32 Å². The molecule has 0 saturated heterocycles. The second-order valence-electron chi connectivity index (χ2n) is 5.04. The smallest absolute Gasteiger partial charge is 0.319 e. The number of hydrogen-bond acceptors (Lipinski definition) is 1. The molecule has 2 aromatic carbocycles. The van der Waals surface area contributed by atoms with Gasteiger partial charge >= 0.3 is 6.03 Å². The molecule has 2 aromatic rings. The lowest BCUT2D eigenvalue weighted by molar-refractivity contribution is 0.252. The fraction of sp³-hybridized carbons (Fsp3) is 0.235. The Kier molecular flexibility index (Phi) is 5.39. The summed E-state index contributed by atoms with van der Waals surface area (Å²) in [6.07, 6.45) is 0.793. The molecule has 0 unspecified atom stereocenters. The standard InChI is InChI=1S/C17H19BrN2O/c1-12-7-8-16(13(2)11-12)20-17(21)19-10-9-14-5-3-4-6-15(14)18/h3-8,11H,9-10H2,1-2H3,(H2,19,20,21). The minimum absolute atomic E-state index is 0.172. The Balaban J connectivity index is 1.84. The molecule has 110 valence electrons. The van der Waals surface area contributed by atoms with E-state index < -0.39 is 0 Å². The molecule has 0 atom stereocenters. The highest BCUT2D eigenvalue weighted by molar-refractivity contribution is 9.10. The molecule has 4 heteroatoms. The van der Waals surface area contributed by atoms with Gasteiger partial charge in [0.1, 0.15) is 0 Å². The number of anilines is 1. The van der Waals surface area contributed by atoms with Crippen molar-refractivity contribution in [3.8, 4) is 0 Å². The number of carbonyl (C=O) groups excluding carboxylic acids is 1. The second kappa shape index (κ2) is 7.27. The van der Waals surface area contributed by atoms with Crippen molar-refractivity contribution >= 4 is 27.6 Å². The zero-order valence-corrected chi connectivity index (χ0v) is 13.8. The first kappa shape index (κ1) is 15.6. The highest BCUT2D eigenvalue weighted by atomic mass is 79.9. The molecule has 21 heavy (non-hydrogen) atoms. The first-order valence-corrected chi connectivity index (χ1v) is 7.71. The van der Waals surface area contributed by atoms with Crippen LogP contribution < -0.4 is 10.6 Å². The molecule has 0 saturated carbocycles. The van der Waals surface area contributed by atoms with Crippen molar-refractivity contribution in [2.75, 3.05) is 11.9 Å². The Morgan fingerprint density at radius 3 is 2.62 bits per heavy atom. The van der Waals surface area contributed by atoms with Gasteiger partial charge in [0, 0.05) is 16.7 Å². The van der Waals surface area contributed by atoms with E-state index in [4.69, 9.17) is 0 Å². The summed E-state index contributed by atoms with van der Waals surface area (Å²) in [5.74, 6) is 0. The van der Waals surface area contributed by atoms with Crippen molar-refractivity contribution in [2.45, 2.75) is 20.3 Å². The first-order chi connectivity index (χ1) is 10.1. The van der Waals surface area contributed by atoms with Crippen LogP contribution in [-0.4, -0.2) is 12.6 Å². The van der Waals surface area contributed by atoms with Gasteiger partial charge in [0.15, 0.2) is 0 Å². The first-order valence-electron chi connectivity index (χ1n) is 6.92. The topological polar surface area (TPSA) is 41.1 Å². The zero-order valence-electron chi connectivity index (χ0n) is 12.2. The number of halogens is 1. The van der Waals surface area contributed by atoms with Gasteiger partial charge in [-0.2, -0.15) is 0 Å². The highest BCUT2D eigenvalue weighted by Crippen LogP contribution is 2.17. The van der Waals surface area contributed by atoms with Crippen LogP contribution in [0.4, 0.5) is 10.5 Å². The fourth-order valence-corrected chi connectivity index (χ4v) is 2.62. The lowest BCUT2D eigenvalue weighted by atomic mass is 10.1. The number of amides is 2. The third-order valence-corrected chi connectivity index (χ3v) is 4.04. The molecule has 0 aliphatic rings. The third-order valence-electron chi connectivity index (χ3n) is 3.27. The zero-order chi connectivity index (χ0) is 15.2. The molecule has 0 bridgehead atoms. The SMILES string of the molecule is Cc1ccc(NC(=O)NCCc2ccccc2Br)c(C)c1. The van der Waals surface area contributed by atoms with Crippen molar-refractivity contribution in [3.05, 3.63) is 63.6 Å². The summed E-state index contributed by atoms with van der Waals surface area (Å²) in [4.78, 5) is 11.9. The van der Waals surface area contributed by atoms with E-state index in [-0.39, 0.29) is 6.03 Å². The quantitative estimate of drug-likeness (QED) is 0.844. The van der Waals surface area contributed by atoms with Crippen LogP contribution in [0.1, 0.15) is 16.7 Å². The Labute approximate surface area is 133 Å². The van der Waals surface area contributed by atoms with E-state index in [1.54, 1.807) is 0 Å². The van der Waals surface area contributed by atoms with Gasteiger partial charge in [0.25, 0.3) is 0 Å². The Hall–Kier alpha value is -1.81. The van der Waals surface area contributed by atoms with Gasteiger partial charge in [-0.1, -0.05) is 51.8 Å². The summed E-state index contributed by atoms with van der Waals surface area (Å²) in [5, 5.41) is 5.75. The van der Waals surface area contributed by atoms with Gasteiger partial charge in [-0.25, -0.2) is 4.79 Å². The molecule has 2 amide bonds. The molecule has 0 fully saturated rings. The van der Waals surface area contributed by atoms with Crippen molar-refractivity contribution < 1.29 is 4.79 Å². The summed E-state index contributed by atoms with van der Waals surface area (Å²) in [5.41, 5.74) is 4.28. The van der Waals surface area contributed by atoms with Gasteiger partial charge in [-0.3, -0.25) is 0 Å². The van der Waals surface area contributed by atoms with Crippen LogP contribution in [0.3, 0.4) is 0 Å². The summed E-state index contributed by atoms with van der Waals surface area (Å²) < 4.78 is 1.07. The maximum atomic E-state index is 11.9. The Morgan fingerprint density at radius 1 is 1.14 bits per heavy atom. The van der Waals surface area contributed by atoms with Crippen molar-refractivity contribution in [3.63, 3.8) is 0 Å². The van der Waals surface area contributed by atoms with E-state index in [1.807, 2.05) is 50.2 Å². The van der Waals surface area contributed by atoms with Crippen LogP contribution in [-0.2, 0) is 6.42 Å². The van der Waals surface area contributed by atoms with Crippen LogP contribution in [0.15, 0.2) is 46.9 Å². The molecule has 0 aliphatic carbocycles. The molecule has 2 rings (SSSR count). The number of carbonyl (C=O) groups is 1. The molecule has 0 aromatic heterocycles. The lowest BCUT2D eigenvalue weighted by Crippen LogP contribution is -2.30. The normalized spacial score (nSPS) is 10.2. The number of rotatable bonds is 4. The summed E-state index contributed by atoms with van der Waals surface area (Å²) in [6, 6.07) is 13.8. The largest absolute Gasteiger partial charge is 0.338 e. The van der Waals surface area contributed by atoms with Crippen LogP contribution in [0.5, 0.6) is 0 Å². The fourth-order valence-electron chi connectivity index (χ4n) is 2.13. The average Bonchev–Trinajstić information content (AvgIpc) is 2.44. The van der Waals surface area contributed by atoms with E-state index in [0.29, 0.717) is 6.54 Å². The highest BCUT2D eigenvalue weighted by Gasteiger charge is 2.04. The number of nitrogens with one attached hydrogen (secondary N) is 2. The number of urea groups is 1. The third kappa shape index (κ3) is 4.60. The van der Waals surface area contributed by atoms with Gasteiger partial charge in [0.2, 0.25) is 0 Å². The molecule has 0 spiro atoms. The van der Waals surface area contributed by atoms with Crippen LogP contribution in [0.25, 0.3) is 0 Å². The van der Waals surface area contributed by atoms with Crippen molar-refractivity contribution in [1.29, 1.82) is 0 Å². The van der Waals surface area contributed by atoms with Gasteiger partial charge in [0.05, 0.1) is 0 Å². The van der Waals surface area contributed by atoms with Crippen molar-refractivity contribution in [2.24, 2.45) is 0 Å². The lowest BCUT2D eigenvalue weighted by Gasteiger charge is -2.11. The van der Waals surface area contributed by atoms with E-state index in [9.17, 15) is 4.79 Å². The molecular weight excluding hydrogens is 328 g/mol. The predicted molar refractivity (Wildman–Crippen MR) is 90.8 cm³/mol. The summed E-state index contributed by atoms with van der Waals surface area (Å²) in [7, 11) is 0. The Morgan fingerprint density at radius 2 is 1.90 bits per heavy atom. The minimum atomic E-state index is -0.172. The van der Waals surface area contributed by atoms with Gasteiger partial charge in [-0.15, -0.1) is 0 Å². The summed E-state index contributed by atoms with van der Waals surface area (Å²) >= 11 is 3.51. The maximum Gasteiger partial charge on any atom is 0.319 e. The average molecular weight is 347 g/mol. The van der Waals surface area contributed by atoms with Gasteiger partial charge < -0.3 is 10.6 Å². The van der Waals surface area contributed by atoms with E-state index >= 15 is 0 Å². The van der Waals surface area contributed by atoms with E-state index in [1.165, 1.54) is 11.1 Å². The number of aryl methyl sites for hydroxylation is 2. The molecule has 3 nitrogen and oxygen atoms in total. The van der Waals surface area contributed by atoms with E-state index in [0.717, 1.165) is 22.1 Å². The summed E-state index contributed by atoms with van der Waals surface area (Å²) in [6.45, 7) is 4.62. The van der Waals surface area contributed by atoms with Crippen LogP contribution in [0.2, 0.25) is 0 Å². The maximum absolute atomic E-state index is 11.9. The number of hydrogen-bond donors (Lipinski definition) is 2.